The number of benzene rings is 1. The predicted molar refractivity (Wildman–Crippen MR) is 74.1 cm³/mol. The molecule has 0 heterocycles. The number of fused-ring (bicyclic) bond motifs is 1. The second-order valence-corrected chi connectivity index (χ2v) is 6.41. The van der Waals surface area contributed by atoms with Gasteiger partial charge in [-0.15, -0.1) is 0 Å². The van der Waals surface area contributed by atoms with Gasteiger partial charge in [0.25, 0.3) is 0 Å². The molecule has 3 heteroatoms. The highest BCUT2D eigenvalue weighted by Gasteiger charge is 2.72. The smallest absolute Gasteiger partial charge is 0.167 e. The lowest BCUT2D eigenvalue weighted by Crippen LogP contribution is -2.37. The van der Waals surface area contributed by atoms with E-state index < -0.39 is 6.04 Å². The Hall–Kier alpha value is -1.64. The van der Waals surface area contributed by atoms with E-state index in [1.807, 2.05) is 45.9 Å². The Morgan fingerprint density at radius 1 is 1.05 bits per heavy atom. The monoisotopic (exact) mass is 257 g/mol. The molecule has 3 rings (SSSR count). The highest BCUT2D eigenvalue weighted by atomic mass is 16.2. The van der Waals surface area contributed by atoms with Gasteiger partial charge in [-0.1, -0.05) is 26.0 Å². The predicted octanol–water partition coefficient (Wildman–Crippen LogP) is 2.51. The Balaban J connectivity index is 1.85. The molecule has 2 fully saturated rings. The van der Waals surface area contributed by atoms with Gasteiger partial charge in [-0.05, 0) is 36.5 Å². The van der Waals surface area contributed by atoms with Gasteiger partial charge in [0.2, 0.25) is 0 Å². The summed E-state index contributed by atoms with van der Waals surface area (Å²) in [6, 6.07) is 5.26. The molecule has 2 unspecified atom stereocenters. The first kappa shape index (κ1) is 12.4. The van der Waals surface area contributed by atoms with Gasteiger partial charge in [0, 0.05) is 17.5 Å². The minimum Gasteiger partial charge on any atom is -0.369 e. The fourth-order valence-corrected chi connectivity index (χ4v) is 3.40. The molecular formula is C16H19NO2. The van der Waals surface area contributed by atoms with Crippen LogP contribution >= 0.6 is 0 Å². The second kappa shape index (κ2) is 3.69. The number of Topliss-reactive ketones (excluding diaryl/α,β-unsaturated/α-hetero) is 2. The molecule has 2 aliphatic carbocycles. The van der Waals surface area contributed by atoms with Crippen LogP contribution in [0.2, 0.25) is 0 Å². The number of hydrogen-bond acceptors (Lipinski definition) is 3. The number of anilines is 1. The molecule has 0 spiro atoms. The molecule has 100 valence electrons. The van der Waals surface area contributed by atoms with E-state index in [0.717, 1.165) is 16.8 Å². The van der Waals surface area contributed by atoms with Crippen molar-refractivity contribution in [3.8, 4) is 0 Å². The lowest BCUT2D eigenvalue weighted by atomic mass is 9.95. The van der Waals surface area contributed by atoms with Gasteiger partial charge in [0.15, 0.2) is 11.6 Å². The molecule has 1 N–H and O–H groups in total. The quantitative estimate of drug-likeness (QED) is 0.828. The van der Waals surface area contributed by atoms with Gasteiger partial charge >= 0.3 is 0 Å². The van der Waals surface area contributed by atoms with Crippen LogP contribution in [0.3, 0.4) is 0 Å². The topological polar surface area (TPSA) is 46.2 Å². The van der Waals surface area contributed by atoms with Gasteiger partial charge in [0.1, 0.15) is 6.04 Å². The number of rotatable bonds is 2. The summed E-state index contributed by atoms with van der Waals surface area (Å²) in [6.45, 7) is 8.05. The maximum absolute atomic E-state index is 12.3. The highest BCUT2D eigenvalue weighted by Crippen LogP contribution is 2.63. The van der Waals surface area contributed by atoms with E-state index in [1.165, 1.54) is 0 Å². The van der Waals surface area contributed by atoms with Crippen molar-refractivity contribution in [2.45, 2.75) is 33.7 Å². The van der Waals surface area contributed by atoms with Crippen molar-refractivity contribution >= 4 is 17.3 Å². The SMILES string of the molecule is Cc1cccc(NC2C(=O)C3C(C2=O)C3(C)C)c1C. The molecule has 19 heavy (non-hydrogen) atoms. The Kier molecular flexibility index (Phi) is 2.40. The molecule has 0 aliphatic heterocycles. The van der Waals surface area contributed by atoms with E-state index in [4.69, 9.17) is 0 Å². The van der Waals surface area contributed by atoms with E-state index in [1.54, 1.807) is 0 Å². The number of carbonyl (C=O) groups excluding carboxylic acids is 2. The third-order valence-corrected chi connectivity index (χ3v) is 4.91. The fraction of sp³-hybridized carbons (Fsp3) is 0.500. The first-order chi connectivity index (χ1) is 8.85. The molecule has 1 aromatic rings. The van der Waals surface area contributed by atoms with Crippen LogP contribution in [0.5, 0.6) is 0 Å². The molecule has 0 bridgehead atoms. The standard InChI is InChI=1S/C16H19NO2/c1-8-6-5-7-10(9(8)2)17-13-14(18)11-12(15(13)19)16(11,3)4/h5-7,11-13,17H,1-4H3. The summed E-state index contributed by atoms with van der Waals surface area (Å²) in [5.41, 5.74) is 3.04. The van der Waals surface area contributed by atoms with Crippen LogP contribution in [-0.2, 0) is 9.59 Å². The lowest BCUT2D eigenvalue weighted by Gasteiger charge is -2.19. The zero-order chi connectivity index (χ0) is 13.9. The summed E-state index contributed by atoms with van der Waals surface area (Å²) in [7, 11) is 0. The third kappa shape index (κ3) is 1.57. The summed E-state index contributed by atoms with van der Waals surface area (Å²) in [5, 5.41) is 3.15. The summed E-state index contributed by atoms with van der Waals surface area (Å²) < 4.78 is 0. The van der Waals surface area contributed by atoms with E-state index in [0.29, 0.717) is 0 Å². The van der Waals surface area contributed by atoms with Crippen molar-refractivity contribution in [1.82, 2.24) is 0 Å². The number of aryl methyl sites for hydroxylation is 1. The van der Waals surface area contributed by atoms with E-state index in [9.17, 15) is 9.59 Å². The van der Waals surface area contributed by atoms with Crippen molar-refractivity contribution in [3.05, 3.63) is 29.3 Å². The van der Waals surface area contributed by atoms with Crippen LogP contribution in [0.4, 0.5) is 5.69 Å². The molecule has 3 nitrogen and oxygen atoms in total. The zero-order valence-electron chi connectivity index (χ0n) is 11.8. The van der Waals surface area contributed by atoms with Gasteiger partial charge in [-0.3, -0.25) is 9.59 Å². The minimum absolute atomic E-state index is 0.0670. The molecule has 0 radical (unpaired) electrons. The van der Waals surface area contributed by atoms with Crippen LogP contribution in [0.15, 0.2) is 18.2 Å². The van der Waals surface area contributed by atoms with Crippen molar-refractivity contribution < 1.29 is 9.59 Å². The molecule has 2 saturated carbocycles. The average molecular weight is 257 g/mol. The number of nitrogens with one attached hydrogen (secondary N) is 1. The van der Waals surface area contributed by atoms with E-state index in [2.05, 4.69) is 5.32 Å². The first-order valence-corrected chi connectivity index (χ1v) is 6.76. The molecular weight excluding hydrogens is 238 g/mol. The van der Waals surface area contributed by atoms with Gasteiger partial charge in [-0.25, -0.2) is 0 Å². The van der Waals surface area contributed by atoms with Crippen LogP contribution in [-0.4, -0.2) is 17.6 Å². The summed E-state index contributed by atoms with van der Waals surface area (Å²) in [6.07, 6.45) is 0. The summed E-state index contributed by atoms with van der Waals surface area (Å²) >= 11 is 0. The van der Waals surface area contributed by atoms with Crippen molar-refractivity contribution in [1.29, 1.82) is 0 Å². The van der Waals surface area contributed by atoms with Crippen LogP contribution in [0, 0.1) is 31.1 Å². The molecule has 2 aliphatic rings. The maximum atomic E-state index is 12.3. The zero-order valence-corrected chi connectivity index (χ0v) is 11.8. The Bertz CT molecular complexity index is 564. The van der Waals surface area contributed by atoms with E-state index in [-0.39, 0.29) is 28.8 Å². The maximum Gasteiger partial charge on any atom is 0.167 e. The van der Waals surface area contributed by atoms with E-state index >= 15 is 0 Å². The highest BCUT2D eigenvalue weighted by molar-refractivity contribution is 6.21. The fourth-order valence-electron chi connectivity index (χ4n) is 3.40. The number of carbonyl (C=O) groups is 2. The normalized spacial score (nSPS) is 31.3. The molecule has 0 saturated heterocycles. The largest absolute Gasteiger partial charge is 0.369 e. The minimum atomic E-state index is -0.636. The first-order valence-electron chi connectivity index (χ1n) is 6.76. The van der Waals surface area contributed by atoms with Crippen LogP contribution < -0.4 is 5.32 Å². The average Bonchev–Trinajstić information content (AvgIpc) is 2.81. The summed E-state index contributed by atoms with van der Waals surface area (Å²) in [4.78, 5) is 24.6. The van der Waals surface area contributed by atoms with Crippen molar-refractivity contribution in [3.63, 3.8) is 0 Å². The molecule has 2 atom stereocenters. The van der Waals surface area contributed by atoms with Crippen LogP contribution in [0.25, 0.3) is 0 Å². The molecule has 1 aromatic carbocycles. The molecule has 0 amide bonds. The third-order valence-electron chi connectivity index (χ3n) is 4.91. The van der Waals surface area contributed by atoms with Crippen molar-refractivity contribution in [2.24, 2.45) is 17.3 Å². The Morgan fingerprint density at radius 3 is 2.21 bits per heavy atom. The number of hydrogen-bond donors (Lipinski definition) is 1. The Labute approximate surface area is 113 Å². The molecule has 0 aromatic heterocycles. The van der Waals surface area contributed by atoms with Gasteiger partial charge in [0.05, 0.1) is 0 Å². The lowest BCUT2D eigenvalue weighted by molar-refractivity contribution is -0.126. The van der Waals surface area contributed by atoms with Crippen LogP contribution in [0.1, 0.15) is 25.0 Å². The Morgan fingerprint density at radius 2 is 1.63 bits per heavy atom. The summed E-state index contributed by atoms with van der Waals surface area (Å²) in [5.74, 6) is 0.00652. The van der Waals surface area contributed by atoms with Crippen molar-refractivity contribution in [2.75, 3.05) is 5.32 Å². The van der Waals surface area contributed by atoms with Gasteiger partial charge in [-0.2, -0.15) is 0 Å². The second-order valence-electron chi connectivity index (χ2n) is 6.41. The number of ketones is 2. The van der Waals surface area contributed by atoms with Gasteiger partial charge < -0.3 is 5.32 Å².